The van der Waals surface area contributed by atoms with Gasteiger partial charge in [0.25, 0.3) is 5.91 Å². The average Bonchev–Trinajstić information content (AvgIpc) is 2.62. The summed E-state index contributed by atoms with van der Waals surface area (Å²) in [5, 5.41) is 6.87. The van der Waals surface area contributed by atoms with E-state index in [4.69, 9.17) is 5.73 Å². The largest absolute Gasteiger partial charge is 0.393 e. The second-order valence-corrected chi connectivity index (χ2v) is 6.34. The quantitative estimate of drug-likeness (QED) is 0.576. The Hall–Kier alpha value is -2.86. The van der Waals surface area contributed by atoms with Gasteiger partial charge >= 0.3 is 0 Å². The summed E-state index contributed by atoms with van der Waals surface area (Å²) >= 11 is 3.45. The van der Waals surface area contributed by atoms with E-state index in [1.165, 1.54) is 0 Å². The van der Waals surface area contributed by atoms with Crippen molar-refractivity contribution < 1.29 is 4.79 Å². The van der Waals surface area contributed by atoms with Crippen molar-refractivity contribution in [3.05, 3.63) is 76.5 Å². The number of hydrogen-bond donors (Lipinski definition) is 3. The van der Waals surface area contributed by atoms with Crippen LogP contribution in [0.2, 0.25) is 0 Å². The Kier molecular flexibility index (Phi) is 5.00. The Morgan fingerprint density at radius 1 is 1.00 bits per heavy atom. The maximum absolute atomic E-state index is 12.4. The molecule has 6 heteroatoms. The molecule has 0 aliphatic rings. The van der Waals surface area contributed by atoms with Gasteiger partial charge in [-0.15, -0.1) is 0 Å². The summed E-state index contributed by atoms with van der Waals surface area (Å²) in [6.45, 7) is 1.75. The number of aromatic nitrogens is 1. The Balaban J connectivity index is 1.77. The first-order chi connectivity index (χ1) is 12.0. The number of amides is 1. The average molecular weight is 397 g/mol. The lowest BCUT2D eigenvalue weighted by Crippen LogP contribution is -2.23. The van der Waals surface area contributed by atoms with E-state index in [2.05, 4.69) is 31.5 Å². The van der Waals surface area contributed by atoms with Crippen molar-refractivity contribution in [3.8, 4) is 0 Å². The van der Waals surface area contributed by atoms with Crippen LogP contribution in [0.4, 0.5) is 11.5 Å². The summed E-state index contributed by atoms with van der Waals surface area (Å²) in [5.74, 6) is 0.0557. The lowest BCUT2D eigenvalue weighted by Gasteiger charge is -2.12. The third-order valence-electron chi connectivity index (χ3n) is 3.68. The van der Waals surface area contributed by atoms with Gasteiger partial charge in [-0.2, -0.15) is 0 Å². The van der Waals surface area contributed by atoms with Crippen LogP contribution in [0, 0.1) is 0 Å². The van der Waals surface area contributed by atoms with E-state index in [1.807, 2.05) is 54.6 Å². The molecule has 3 rings (SSSR count). The Morgan fingerprint density at radius 2 is 1.72 bits per heavy atom. The Morgan fingerprint density at radius 3 is 2.52 bits per heavy atom. The van der Waals surface area contributed by atoms with Crippen LogP contribution in [0.15, 0.2) is 76.5 Å². The molecule has 5 nitrogen and oxygen atoms in total. The second-order valence-electron chi connectivity index (χ2n) is 5.49. The molecule has 0 atom stereocenters. The van der Waals surface area contributed by atoms with E-state index in [-0.39, 0.29) is 5.70 Å². The number of nitrogens with one attached hydrogen (secondary N) is 2. The summed E-state index contributed by atoms with van der Waals surface area (Å²) in [6, 6.07) is 19.0. The first-order valence-corrected chi connectivity index (χ1v) is 8.49. The number of nitrogens with zero attached hydrogens (tertiary/aromatic N) is 1. The number of fused-ring (bicyclic) bond motifs is 1. The molecule has 3 aromatic rings. The molecule has 1 amide bonds. The van der Waals surface area contributed by atoms with E-state index < -0.39 is 5.91 Å². The molecule has 1 aromatic heterocycles. The van der Waals surface area contributed by atoms with Crippen LogP contribution in [-0.4, -0.2) is 10.9 Å². The minimum Gasteiger partial charge on any atom is -0.393 e. The van der Waals surface area contributed by atoms with Crippen LogP contribution in [-0.2, 0) is 4.79 Å². The fraction of sp³-hybridized carbons (Fsp3) is 0.0526. The van der Waals surface area contributed by atoms with Crippen LogP contribution in [0.3, 0.4) is 0 Å². The number of carbonyl (C=O) groups excluding carboxylic acids is 1. The van der Waals surface area contributed by atoms with Crippen molar-refractivity contribution in [2.24, 2.45) is 5.73 Å². The van der Waals surface area contributed by atoms with Crippen molar-refractivity contribution in [3.63, 3.8) is 0 Å². The van der Waals surface area contributed by atoms with Crippen LogP contribution < -0.4 is 16.4 Å². The van der Waals surface area contributed by atoms with Crippen molar-refractivity contribution in [2.45, 2.75) is 6.92 Å². The standard InChI is InChI=1S/C19H17BrN4O/c1-12(22-16-9-5-3-7-14(16)20)18(21)19(25)24-17-11-10-13-6-2-4-8-15(13)23-17/h2-11,22H,21H2,1H3,(H,23,24,25)/b18-12-. The molecule has 0 bridgehead atoms. The SMILES string of the molecule is C/C(Nc1ccccc1Br)=C(/N)C(=O)Nc1ccc2ccccc2n1. The van der Waals surface area contributed by atoms with Gasteiger partial charge in [-0.05, 0) is 53.2 Å². The number of para-hydroxylation sites is 2. The normalized spacial score (nSPS) is 11.8. The van der Waals surface area contributed by atoms with Crippen LogP contribution in [0.25, 0.3) is 10.9 Å². The zero-order chi connectivity index (χ0) is 17.8. The molecule has 0 unspecified atom stereocenters. The fourth-order valence-electron chi connectivity index (χ4n) is 2.32. The monoisotopic (exact) mass is 396 g/mol. The number of anilines is 2. The van der Waals surface area contributed by atoms with Gasteiger partial charge in [-0.25, -0.2) is 4.98 Å². The first kappa shape index (κ1) is 17.0. The van der Waals surface area contributed by atoms with Gasteiger partial charge in [0, 0.05) is 15.6 Å². The second kappa shape index (κ2) is 7.36. The minimum absolute atomic E-state index is 0.103. The number of halogens is 1. The molecule has 0 radical (unpaired) electrons. The molecule has 4 N–H and O–H groups in total. The number of benzene rings is 2. The van der Waals surface area contributed by atoms with Crippen molar-refractivity contribution in [1.82, 2.24) is 4.98 Å². The third kappa shape index (κ3) is 3.97. The third-order valence-corrected chi connectivity index (χ3v) is 4.38. The zero-order valence-corrected chi connectivity index (χ0v) is 15.2. The topological polar surface area (TPSA) is 80.0 Å². The highest BCUT2D eigenvalue weighted by Crippen LogP contribution is 2.23. The van der Waals surface area contributed by atoms with E-state index in [0.29, 0.717) is 11.5 Å². The van der Waals surface area contributed by atoms with Crippen molar-refractivity contribution in [1.29, 1.82) is 0 Å². The molecule has 126 valence electrons. The molecule has 25 heavy (non-hydrogen) atoms. The van der Waals surface area contributed by atoms with Gasteiger partial charge in [0.2, 0.25) is 0 Å². The number of hydrogen-bond acceptors (Lipinski definition) is 4. The van der Waals surface area contributed by atoms with Gasteiger partial charge in [0.05, 0.1) is 11.2 Å². The number of rotatable bonds is 4. The molecule has 0 aliphatic carbocycles. The Bertz CT molecular complexity index is 968. The molecular weight excluding hydrogens is 380 g/mol. The van der Waals surface area contributed by atoms with E-state index in [0.717, 1.165) is 21.1 Å². The number of allylic oxidation sites excluding steroid dienone is 1. The van der Waals surface area contributed by atoms with E-state index in [9.17, 15) is 4.79 Å². The summed E-state index contributed by atoms with van der Waals surface area (Å²) < 4.78 is 0.888. The fourth-order valence-corrected chi connectivity index (χ4v) is 2.71. The van der Waals surface area contributed by atoms with Gasteiger partial charge in [0.1, 0.15) is 11.5 Å². The summed E-state index contributed by atoms with van der Waals surface area (Å²) in [4.78, 5) is 16.8. The van der Waals surface area contributed by atoms with Gasteiger partial charge in [-0.1, -0.05) is 30.3 Å². The maximum Gasteiger partial charge on any atom is 0.274 e. The molecule has 0 fully saturated rings. The summed E-state index contributed by atoms with van der Waals surface area (Å²) in [7, 11) is 0. The van der Waals surface area contributed by atoms with Gasteiger partial charge in [-0.3, -0.25) is 4.79 Å². The highest BCUT2D eigenvalue weighted by atomic mass is 79.9. The number of nitrogens with two attached hydrogens (primary N) is 1. The van der Waals surface area contributed by atoms with Crippen LogP contribution in [0.5, 0.6) is 0 Å². The molecule has 1 heterocycles. The first-order valence-electron chi connectivity index (χ1n) is 7.69. The van der Waals surface area contributed by atoms with E-state index in [1.54, 1.807) is 13.0 Å². The minimum atomic E-state index is -0.403. The highest BCUT2D eigenvalue weighted by Gasteiger charge is 2.11. The molecular formula is C19H17BrN4O. The molecule has 2 aromatic carbocycles. The molecule has 0 aliphatic heterocycles. The van der Waals surface area contributed by atoms with Crippen LogP contribution in [0.1, 0.15) is 6.92 Å². The smallest absolute Gasteiger partial charge is 0.274 e. The van der Waals surface area contributed by atoms with Gasteiger partial charge in [0.15, 0.2) is 0 Å². The highest BCUT2D eigenvalue weighted by molar-refractivity contribution is 9.10. The maximum atomic E-state index is 12.4. The molecule has 0 saturated heterocycles. The number of carbonyl (C=O) groups is 1. The lowest BCUT2D eigenvalue weighted by molar-refractivity contribution is -0.113. The molecule has 0 spiro atoms. The van der Waals surface area contributed by atoms with E-state index >= 15 is 0 Å². The molecule has 0 saturated carbocycles. The van der Waals surface area contributed by atoms with Crippen molar-refractivity contribution >= 4 is 44.2 Å². The predicted molar refractivity (Wildman–Crippen MR) is 105 cm³/mol. The number of pyridine rings is 1. The van der Waals surface area contributed by atoms with Crippen LogP contribution >= 0.6 is 15.9 Å². The lowest BCUT2D eigenvalue weighted by atomic mass is 10.2. The van der Waals surface area contributed by atoms with Gasteiger partial charge < -0.3 is 16.4 Å². The summed E-state index contributed by atoms with van der Waals surface area (Å²) in [6.07, 6.45) is 0. The predicted octanol–water partition coefficient (Wildman–Crippen LogP) is 4.24. The zero-order valence-electron chi connectivity index (χ0n) is 13.6. The summed E-state index contributed by atoms with van der Waals surface area (Å²) in [5.41, 5.74) is 8.29. The van der Waals surface area contributed by atoms with Crippen molar-refractivity contribution in [2.75, 3.05) is 10.6 Å². The Labute approximate surface area is 154 Å².